The van der Waals surface area contributed by atoms with Gasteiger partial charge < -0.3 is 4.74 Å². The quantitative estimate of drug-likeness (QED) is 0.0291. The second-order valence-corrected chi connectivity index (χ2v) is 14.4. The summed E-state index contributed by atoms with van der Waals surface area (Å²) in [6.07, 6.45) is 47.5. The number of carbonyl (C=O) groups is 2. The molecular formula is C44H82O3. The minimum absolute atomic E-state index is 0.122. The number of hydrogen-bond acceptors (Lipinski definition) is 3. The highest BCUT2D eigenvalue weighted by molar-refractivity contribution is 5.86. The molecule has 0 aliphatic heterocycles. The summed E-state index contributed by atoms with van der Waals surface area (Å²) >= 11 is 0. The molecule has 3 nitrogen and oxygen atoms in total. The lowest BCUT2D eigenvalue weighted by molar-refractivity contribution is -0.164. The fourth-order valence-corrected chi connectivity index (χ4v) is 6.77. The van der Waals surface area contributed by atoms with Crippen LogP contribution in [0.4, 0.5) is 0 Å². The van der Waals surface area contributed by atoms with E-state index in [1.165, 1.54) is 135 Å². The van der Waals surface area contributed by atoms with Crippen LogP contribution in [-0.4, -0.2) is 11.9 Å². The number of esters is 2. The van der Waals surface area contributed by atoms with Gasteiger partial charge in [-0.1, -0.05) is 200 Å². The Kier molecular flexibility index (Phi) is 36.3. The topological polar surface area (TPSA) is 43.4 Å². The fraction of sp³-hybridized carbons (Fsp3) is 0.864. The molecule has 0 radical (unpaired) electrons. The Morgan fingerprint density at radius 3 is 1.40 bits per heavy atom. The zero-order valence-electron chi connectivity index (χ0n) is 32.3. The number of ether oxygens (including phenoxy) is 1. The first-order chi connectivity index (χ1) is 23.1. The van der Waals surface area contributed by atoms with Crippen LogP contribution in [0.3, 0.4) is 0 Å². The lowest BCUT2D eigenvalue weighted by Gasteiger charge is -2.24. The predicted octanol–water partition coefficient (Wildman–Crippen LogP) is 15.0. The van der Waals surface area contributed by atoms with Crippen molar-refractivity contribution in [3.63, 3.8) is 0 Å². The van der Waals surface area contributed by atoms with Gasteiger partial charge in [0.1, 0.15) is 0 Å². The minimum atomic E-state index is -0.310. The summed E-state index contributed by atoms with van der Waals surface area (Å²) in [6.45, 7) is 8.96. The SMILES string of the molecule is CCCCC/C=C\C/C=C\CCCCCCCC(=O)OC(=O)C(CCCCCCCCCCCCCCCC)C(CC)CCCCC. The van der Waals surface area contributed by atoms with Gasteiger partial charge in [-0.25, -0.2) is 0 Å². The summed E-state index contributed by atoms with van der Waals surface area (Å²) in [5, 5.41) is 0. The Morgan fingerprint density at radius 2 is 0.872 bits per heavy atom. The maximum Gasteiger partial charge on any atom is 0.316 e. The Labute approximate surface area is 294 Å². The number of unbranched alkanes of at least 4 members (excludes halogenated alkanes) is 23. The molecule has 0 rings (SSSR count). The van der Waals surface area contributed by atoms with Crippen molar-refractivity contribution in [2.75, 3.05) is 0 Å². The highest BCUT2D eigenvalue weighted by atomic mass is 16.6. The van der Waals surface area contributed by atoms with E-state index >= 15 is 0 Å². The maximum absolute atomic E-state index is 13.3. The summed E-state index contributed by atoms with van der Waals surface area (Å²) in [7, 11) is 0. The molecule has 0 aliphatic rings. The Morgan fingerprint density at radius 1 is 0.468 bits per heavy atom. The Hall–Kier alpha value is -1.38. The summed E-state index contributed by atoms with van der Waals surface area (Å²) in [5.74, 6) is -0.340. The average molecular weight is 659 g/mol. The molecule has 3 heteroatoms. The molecule has 0 heterocycles. The highest BCUT2D eigenvalue weighted by Crippen LogP contribution is 2.29. The van der Waals surface area contributed by atoms with Crippen LogP contribution in [0.15, 0.2) is 24.3 Å². The molecule has 0 saturated carbocycles. The van der Waals surface area contributed by atoms with Gasteiger partial charge in [0.2, 0.25) is 0 Å². The smallest absolute Gasteiger partial charge is 0.316 e. The lowest BCUT2D eigenvalue weighted by Crippen LogP contribution is -2.28. The van der Waals surface area contributed by atoms with Crippen LogP contribution in [0.25, 0.3) is 0 Å². The molecule has 0 fully saturated rings. The van der Waals surface area contributed by atoms with Gasteiger partial charge in [0.15, 0.2) is 0 Å². The molecule has 0 bridgehead atoms. The van der Waals surface area contributed by atoms with Crippen LogP contribution in [-0.2, 0) is 14.3 Å². The number of carbonyl (C=O) groups excluding carboxylic acids is 2. The maximum atomic E-state index is 13.3. The fourth-order valence-electron chi connectivity index (χ4n) is 6.77. The standard InChI is InChI=1S/C44H82O3/c1-5-9-12-14-16-18-20-22-24-26-28-30-32-34-37-40-43(45)47-44(46)42(41(8-4)38-35-11-7-3)39-36-33-31-29-27-25-23-21-19-17-15-13-10-6-2/h16,18,22,24,41-42H,5-15,17,19-21,23,25-40H2,1-4H3/b18-16-,24-22-. The van der Waals surface area contributed by atoms with Crippen molar-refractivity contribution in [1.29, 1.82) is 0 Å². The van der Waals surface area contributed by atoms with E-state index < -0.39 is 0 Å². The molecule has 0 amide bonds. The number of hydrogen-bond donors (Lipinski definition) is 0. The van der Waals surface area contributed by atoms with Crippen molar-refractivity contribution < 1.29 is 14.3 Å². The molecule has 0 aromatic rings. The first-order valence-electron chi connectivity index (χ1n) is 21.1. The number of allylic oxidation sites excluding steroid dienone is 4. The van der Waals surface area contributed by atoms with E-state index in [1.54, 1.807) is 0 Å². The van der Waals surface area contributed by atoms with Crippen molar-refractivity contribution in [2.45, 2.75) is 233 Å². The lowest BCUT2D eigenvalue weighted by atomic mass is 9.82. The van der Waals surface area contributed by atoms with Crippen molar-refractivity contribution >= 4 is 11.9 Å². The van der Waals surface area contributed by atoms with Gasteiger partial charge in [-0.2, -0.15) is 0 Å². The monoisotopic (exact) mass is 659 g/mol. The molecule has 0 spiro atoms. The van der Waals surface area contributed by atoms with E-state index in [9.17, 15) is 9.59 Å². The Bertz CT molecular complexity index is 724. The average Bonchev–Trinajstić information content (AvgIpc) is 3.07. The summed E-state index contributed by atoms with van der Waals surface area (Å²) in [5.41, 5.74) is 0. The summed E-state index contributed by atoms with van der Waals surface area (Å²) in [6, 6.07) is 0. The van der Waals surface area contributed by atoms with E-state index in [4.69, 9.17) is 4.74 Å². The van der Waals surface area contributed by atoms with E-state index in [-0.39, 0.29) is 17.9 Å². The van der Waals surface area contributed by atoms with E-state index in [0.717, 1.165) is 64.2 Å². The van der Waals surface area contributed by atoms with Gasteiger partial charge in [-0.05, 0) is 57.3 Å². The molecule has 2 unspecified atom stereocenters. The zero-order valence-corrected chi connectivity index (χ0v) is 32.3. The van der Waals surface area contributed by atoms with Gasteiger partial charge in [-0.3, -0.25) is 9.59 Å². The third kappa shape index (κ3) is 31.6. The number of rotatable bonds is 36. The third-order valence-corrected chi connectivity index (χ3v) is 9.99. The van der Waals surface area contributed by atoms with Crippen LogP contribution >= 0.6 is 0 Å². The molecule has 276 valence electrons. The van der Waals surface area contributed by atoms with Gasteiger partial charge in [0.25, 0.3) is 0 Å². The van der Waals surface area contributed by atoms with Crippen molar-refractivity contribution in [3.05, 3.63) is 24.3 Å². The second kappa shape index (κ2) is 37.4. The molecule has 2 atom stereocenters. The summed E-state index contributed by atoms with van der Waals surface area (Å²) < 4.78 is 5.50. The van der Waals surface area contributed by atoms with Crippen LogP contribution in [0.5, 0.6) is 0 Å². The van der Waals surface area contributed by atoms with Crippen LogP contribution in [0, 0.1) is 11.8 Å². The molecule has 0 aliphatic carbocycles. The molecule has 0 aromatic heterocycles. The van der Waals surface area contributed by atoms with E-state index in [1.807, 2.05) is 0 Å². The van der Waals surface area contributed by atoms with Gasteiger partial charge in [-0.15, -0.1) is 0 Å². The molecular weight excluding hydrogens is 576 g/mol. The second-order valence-electron chi connectivity index (χ2n) is 14.4. The molecule has 0 N–H and O–H groups in total. The first-order valence-corrected chi connectivity index (χ1v) is 21.1. The van der Waals surface area contributed by atoms with Gasteiger partial charge in [0, 0.05) is 6.42 Å². The van der Waals surface area contributed by atoms with Gasteiger partial charge >= 0.3 is 11.9 Å². The molecule has 0 aromatic carbocycles. The predicted molar refractivity (Wildman–Crippen MR) is 207 cm³/mol. The minimum Gasteiger partial charge on any atom is -0.393 e. The first kappa shape index (κ1) is 45.6. The van der Waals surface area contributed by atoms with E-state index in [0.29, 0.717) is 12.3 Å². The van der Waals surface area contributed by atoms with E-state index in [2.05, 4.69) is 52.0 Å². The van der Waals surface area contributed by atoms with Crippen molar-refractivity contribution in [1.82, 2.24) is 0 Å². The summed E-state index contributed by atoms with van der Waals surface area (Å²) in [4.78, 5) is 25.9. The van der Waals surface area contributed by atoms with Crippen LogP contribution < -0.4 is 0 Å². The normalized spacial score (nSPS) is 13.1. The van der Waals surface area contributed by atoms with Crippen LogP contribution in [0.1, 0.15) is 233 Å². The van der Waals surface area contributed by atoms with Crippen molar-refractivity contribution in [3.8, 4) is 0 Å². The third-order valence-electron chi connectivity index (χ3n) is 9.99. The Balaban J connectivity index is 4.21. The van der Waals surface area contributed by atoms with Gasteiger partial charge in [0.05, 0.1) is 5.92 Å². The van der Waals surface area contributed by atoms with Crippen molar-refractivity contribution in [2.24, 2.45) is 11.8 Å². The molecule has 0 saturated heterocycles. The van der Waals surface area contributed by atoms with Crippen LogP contribution in [0.2, 0.25) is 0 Å². The largest absolute Gasteiger partial charge is 0.393 e. The highest BCUT2D eigenvalue weighted by Gasteiger charge is 2.29. The molecule has 47 heavy (non-hydrogen) atoms. The zero-order chi connectivity index (χ0) is 34.5.